The lowest BCUT2D eigenvalue weighted by Gasteiger charge is -2.12. The molecule has 33 heavy (non-hydrogen) atoms. The molecular formula is C26H22Cl2N2O3. The number of hydrogen-bond donors (Lipinski definition) is 1. The van der Waals surface area contributed by atoms with Gasteiger partial charge >= 0.3 is 0 Å². The van der Waals surface area contributed by atoms with Gasteiger partial charge in [-0.25, -0.2) is 0 Å². The lowest BCUT2D eigenvalue weighted by atomic mass is 10.1. The van der Waals surface area contributed by atoms with E-state index in [2.05, 4.69) is 5.32 Å². The van der Waals surface area contributed by atoms with E-state index in [9.17, 15) is 10.1 Å². The van der Waals surface area contributed by atoms with Gasteiger partial charge in [-0.15, -0.1) is 0 Å². The van der Waals surface area contributed by atoms with Crippen molar-refractivity contribution in [2.24, 2.45) is 0 Å². The summed E-state index contributed by atoms with van der Waals surface area (Å²) >= 11 is 12.1. The summed E-state index contributed by atoms with van der Waals surface area (Å²) in [5.74, 6) is 0.469. The smallest absolute Gasteiger partial charge is 0.266 e. The SMILES string of the molecule is COc1cc(/C=C(\C#N)C(=O)Nc2ccc(C)c(C)c2)ccc1OCc1ccc(Cl)cc1Cl. The molecule has 0 atom stereocenters. The van der Waals surface area contributed by atoms with E-state index >= 15 is 0 Å². The third-order valence-corrected chi connectivity index (χ3v) is 5.61. The molecule has 3 aromatic rings. The molecular weight excluding hydrogens is 459 g/mol. The van der Waals surface area contributed by atoms with Gasteiger partial charge in [0.25, 0.3) is 5.91 Å². The fourth-order valence-electron chi connectivity index (χ4n) is 3.02. The molecule has 0 saturated carbocycles. The molecule has 5 nitrogen and oxygen atoms in total. The first-order valence-corrected chi connectivity index (χ1v) is 10.8. The molecule has 0 radical (unpaired) electrons. The number of benzene rings is 3. The van der Waals surface area contributed by atoms with E-state index < -0.39 is 5.91 Å². The van der Waals surface area contributed by atoms with Gasteiger partial charge in [-0.2, -0.15) is 5.26 Å². The average molecular weight is 481 g/mol. The zero-order valence-corrected chi connectivity index (χ0v) is 19.9. The van der Waals surface area contributed by atoms with E-state index in [1.807, 2.05) is 32.0 Å². The molecule has 0 heterocycles. The number of nitrogens with one attached hydrogen (secondary N) is 1. The van der Waals surface area contributed by atoms with Gasteiger partial charge in [-0.3, -0.25) is 4.79 Å². The number of anilines is 1. The van der Waals surface area contributed by atoms with Gasteiger partial charge in [0.05, 0.1) is 7.11 Å². The van der Waals surface area contributed by atoms with Crippen molar-refractivity contribution >= 4 is 40.9 Å². The Bertz CT molecular complexity index is 1260. The second-order valence-electron chi connectivity index (χ2n) is 7.36. The molecule has 0 aliphatic heterocycles. The second-order valence-corrected chi connectivity index (χ2v) is 8.20. The average Bonchev–Trinajstić information content (AvgIpc) is 2.79. The first kappa shape index (κ1) is 24.2. The number of nitrogens with zero attached hydrogens (tertiary/aromatic N) is 1. The highest BCUT2D eigenvalue weighted by atomic mass is 35.5. The molecule has 0 aromatic heterocycles. The van der Waals surface area contributed by atoms with E-state index in [1.54, 1.807) is 42.5 Å². The van der Waals surface area contributed by atoms with Crippen LogP contribution < -0.4 is 14.8 Å². The van der Waals surface area contributed by atoms with Crippen LogP contribution in [-0.4, -0.2) is 13.0 Å². The maximum Gasteiger partial charge on any atom is 0.266 e. The van der Waals surface area contributed by atoms with E-state index in [1.165, 1.54) is 13.2 Å². The van der Waals surface area contributed by atoms with Gasteiger partial charge in [0.1, 0.15) is 18.2 Å². The lowest BCUT2D eigenvalue weighted by Crippen LogP contribution is -2.13. The van der Waals surface area contributed by atoms with Crippen molar-refractivity contribution in [2.75, 3.05) is 12.4 Å². The van der Waals surface area contributed by atoms with E-state index in [4.69, 9.17) is 32.7 Å². The van der Waals surface area contributed by atoms with Crippen molar-refractivity contribution < 1.29 is 14.3 Å². The van der Waals surface area contributed by atoms with Crippen molar-refractivity contribution in [1.82, 2.24) is 0 Å². The highest BCUT2D eigenvalue weighted by molar-refractivity contribution is 6.35. The van der Waals surface area contributed by atoms with Crippen LogP contribution in [0.2, 0.25) is 10.0 Å². The van der Waals surface area contributed by atoms with Crippen LogP contribution in [0.3, 0.4) is 0 Å². The van der Waals surface area contributed by atoms with Crippen molar-refractivity contribution in [3.8, 4) is 17.6 Å². The number of hydrogen-bond acceptors (Lipinski definition) is 4. The van der Waals surface area contributed by atoms with Crippen molar-refractivity contribution in [3.63, 3.8) is 0 Å². The Morgan fingerprint density at radius 2 is 1.82 bits per heavy atom. The molecule has 168 valence electrons. The number of ether oxygens (including phenoxy) is 2. The fourth-order valence-corrected chi connectivity index (χ4v) is 3.48. The van der Waals surface area contributed by atoms with Crippen molar-refractivity contribution in [3.05, 3.63) is 92.5 Å². The maximum atomic E-state index is 12.6. The fraction of sp³-hybridized carbons (Fsp3) is 0.154. The Balaban J connectivity index is 1.76. The first-order valence-electron chi connectivity index (χ1n) is 10.1. The van der Waals surface area contributed by atoms with Crippen LogP contribution in [0.4, 0.5) is 5.69 Å². The number of halogens is 2. The number of carbonyl (C=O) groups excluding carboxylic acids is 1. The summed E-state index contributed by atoms with van der Waals surface area (Å²) in [6, 6.07) is 17.9. The Hall–Kier alpha value is -3.46. The molecule has 0 saturated heterocycles. The molecule has 0 bridgehead atoms. The standard InChI is InChI=1S/C26H22Cl2N2O3/c1-16-4-8-22(10-17(16)2)30-26(31)20(14-29)11-18-5-9-24(25(12-18)32-3)33-15-19-6-7-21(27)13-23(19)28/h4-13H,15H2,1-3H3,(H,30,31)/b20-11+. The quantitative estimate of drug-likeness (QED) is 0.300. The predicted molar refractivity (Wildman–Crippen MR) is 132 cm³/mol. The van der Waals surface area contributed by atoms with Gasteiger partial charge in [-0.05, 0) is 73.0 Å². The summed E-state index contributed by atoms with van der Waals surface area (Å²) in [6.07, 6.45) is 1.50. The molecule has 7 heteroatoms. The summed E-state index contributed by atoms with van der Waals surface area (Å²) < 4.78 is 11.3. The Morgan fingerprint density at radius 1 is 1.03 bits per heavy atom. The van der Waals surface area contributed by atoms with Crippen LogP contribution in [0.1, 0.15) is 22.3 Å². The van der Waals surface area contributed by atoms with Crippen LogP contribution in [0, 0.1) is 25.2 Å². The topological polar surface area (TPSA) is 71.3 Å². The number of aryl methyl sites for hydroxylation is 2. The van der Waals surface area contributed by atoms with Gasteiger partial charge < -0.3 is 14.8 Å². The number of amides is 1. The van der Waals surface area contributed by atoms with Crippen LogP contribution in [0.25, 0.3) is 6.08 Å². The molecule has 1 N–H and O–H groups in total. The number of nitriles is 1. The van der Waals surface area contributed by atoms with E-state index in [0.717, 1.165) is 16.7 Å². The van der Waals surface area contributed by atoms with Gasteiger partial charge in [-0.1, -0.05) is 41.4 Å². The minimum Gasteiger partial charge on any atom is -0.493 e. The molecule has 0 fully saturated rings. The summed E-state index contributed by atoms with van der Waals surface area (Å²) in [6.45, 7) is 4.18. The normalized spacial score (nSPS) is 11.0. The minimum absolute atomic E-state index is 0.0307. The summed E-state index contributed by atoms with van der Waals surface area (Å²) in [4.78, 5) is 12.6. The van der Waals surface area contributed by atoms with E-state index in [0.29, 0.717) is 32.8 Å². The zero-order chi connectivity index (χ0) is 24.0. The number of methoxy groups -OCH3 is 1. The molecule has 0 unspecified atom stereocenters. The molecule has 0 aliphatic rings. The Labute approximate surface area is 203 Å². The highest BCUT2D eigenvalue weighted by Crippen LogP contribution is 2.31. The first-order chi connectivity index (χ1) is 15.8. The van der Waals surface area contributed by atoms with E-state index in [-0.39, 0.29) is 12.2 Å². The Morgan fingerprint density at radius 3 is 2.48 bits per heavy atom. The van der Waals surface area contributed by atoms with Gasteiger partial charge in [0.15, 0.2) is 11.5 Å². The highest BCUT2D eigenvalue weighted by Gasteiger charge is 2.12. The minimum atomic E-state index is -0.488. The zero-order valence-electron chi connectivity index (χ0n) is 18.4. The van der Waals surface area contributed by atoms with Crippen LogP contribution >= 0.6 is 23.2 Å². The Kier molecular flexibility index (Phi) is 8.00. The van der Waals surface area contributed by atoms with Crippen molar-refractivity contribution in [2.45, 2.75) is 20.5 Å². The van der Waals surface area contributed by atoms with Gasteiger partial charge in [0.2, 0.25) is 0 Å². The predicted octanol–water partition coefficient (Wildman–Crippen LogP) is 6.74. The largest absolute Gasteiger partial charge is 0.493 e. The van der Waals surface area contributed by atoms with Gasteiger partial charge in [0, 0.05) is 21.3 Å². The maximum absolute atomic E-state index is 12.6. The van der Waals surface area contributed by atoms with Crippen LogP contribution in [0.15, 0.2) is 60.2 Å². The second kappa shape index (κ2) is 10.9. The van der Waals surface area contributed by atoms with Crippen LogP contribution in [0.5, 0.6) is 11.5 Å². The number of carbonyl (C=O) groups is 1. The molecule has 0 spiro atoms. The summed E-state index contributed by atoms with van der Waals surface area (Å²) in [5, 5.41) is 13.3. The molecule has 1 amide bonds. The van der Waals surface area contributed by atoms with Crippen molar-refractivity contribution in [1.29, 1.82) is 5.26 Å². The van der Waals surface area contributed by atoms with Crippen LogP contribution in [-0.2, 0) is 11.4 Å². The molecule has 3 rings (SSSR count). The number of rotatable bonds is 7. The third kappa shape index (κ3) is 6.29. The molecule has 3 aromatic carbocycles. The molecule has 0 aliphatic carbocycles. The summed E-state index contributed by atoms with van der Waals surface area (Å²) in [7, 11) is 1.52. The lowest BCUT2D eigenvalue weighted by molar-refractivity contribution is -0.112. The monoisotopic (exact) mass is 480 g/mol. The third-order valence-electron chi connectivity index (χ3n) is 5.03. The summed E-state index contributed by atoms with van der Waals surface area (Å²) in [5.41, 5.74) is 4.17.